The summed E-state index contributed by atoms with van der Waals surface area (Å²) in [6.45, 7) is 0. The molecule has 86 valence electrons. The first-order chi connectivity index (χ1) is 8.13. The highest BCUT2D eigenvalue weighted by atomic mass is 16.4. The molecule has 0 atom stereocenters. The lowest BCUT2D eigenvalue weighted by molar-refractivity contribution is -0.136. The number of nitrogens with zero attached hydrogens (tertiary/aromatic N) is 2. The fourth-order valence-corrected chi connectivity index (χ4v) is 2.03. The zero-order valence-electron chi connectivity index (χ0n) is 9.47. The Morgan fingerprint density at radius 3 is 2.88 bits per heavy atom. The Hall–Kier alpha value is -2.28. The molecule has 0 bridgehead atoms. The van der Waals surface area contributed by atoms with Crippen LogP contribution in [0.25, 0.3) is 10.9 Å². The van der Waals surface area contributed by atoms with Gasteiger partial charge < -0.3 is 9.67 Å². The van der Waals surface area contributed by atoms with E-state index < -0.39 is 5.97 Å². The van der Waals surface area contributed by atoms with Crippen molar-refractivity contribution in [3.05, 3.63) is 35.5 Å². The van der Waals surface area contributed by atoms with Crippen molar-refractivity contribution < 1.29 is 9.90 Å². The highest BCUT2D eigenvalue weighted by Crippen LogP contribution is 2.24. The van der Waals surface area contributed by atoms with E-state index in [4.69, 9.17) is 10.4 Å². The summed E-state index contributed by atoms with van der Waals surface area (Å²) in [7, 11) is 1.88. The van der Waals surface area contributed by atoms with Gasteiger partial charge in [-0.2, -0.15) is 5.26 Å². The van der Waals surface area contributed by atoms with Crippen LogP contribution in [-0.4, -0.2) is 15.6 Å². The van der Waals surface area contributed by atoms with Crippen LogP contribution in [0.4, 0.5) is 0 Å². The average Bonchev–Trinajstić information content (AvgIpc) is 2.69. The molecule has 0 amide bonds. The van der Waals surface area contributed by atoms with E-state index in [1.807, 2.05) is 29.9 Å². The third-order valence-electron chi connectivity index (χ3n) is 2.85. The first kappa shape index (κ1) is 11.2. The van der Waals surface area contributed by atoms with Crippen molar-refractivity contribution in [2.24, 2.45) is 7.05 Å². The van der Waals surface area contributed by atoms with Gasteiger partial charge in [0.2, 0.25) is 0 Å². The van der Waals surface area contributed by atoms with Gasteiger partial charge in [-0.3, -0.25) is 4.79 Å². The van der Waals surface area contributed by atoms with Crippen molar-refractivity contribution in [3.8, 4) is 6.07 Å². The Balaban J connectivity index is 2.53. The highest BCUT2D eigenvalue weighted by molar-refractivity contribution is 5.88. The first-order valence-corrected chi connectivity index (χ1v) is 5.32. The monoisotopic (exact) mass is 228 g/mol. The zero-order chi connectivity index (χ0) is 12.4. The van der Waals surface area contributed by atoms with Gasteiger partial charge in [-0.25, -0.2) is 0 Å². The molecule has 0 fully saturated rings. The SMILES string of the molecule is Cn1ccc2c(CCC(=O)O)ccc(C#N)c21. The lowest BCUT2D eigenvalue weighted by atomic mass is 10.0. The van der Waals surface area contributed by atoms with Crippen molar-refractivity contribution >= 4 is 16.9 Å². The number of hydrogen-bond acceptors (Lipinski definition) is 2. The van der Waals surface area contributed by atoms with Gasteiger partial charge in [0.15, 0.2) is 0 Å². The average molecular weight is 228 g/mol. The summed E-state index contributed by atoms with van der Waals surface area (Å²) in [5, 5.41) is 18.7. The zero-order valence-corrected chi connectivity index (χ0v) is 9.47. The molecule has 0 spiro atoms. The maximum atomic E-state index is 10.6. The van der Waals surface area contributed by atoms with E-state index in [1.54, 1.807) is 6.07 Å². The number of aryl methyl sites for hydroxylation is 2. The maximum absolute atomic E-state index is 10.6. The Morgan fingerprint density at radius 2 is 2.24 bits per heavy atom. The summed E-state index contributed by atoms with van der Waals surface area (Å²) in [5.74, 6) is -0.807. The molecule has 4 heteroatoms. The van der Waals surface area contributed by atoms with E-state index in [9.17, 15) is 4.79 Å². The van der Waals surface area contributed by atoms with Crippen LogP contribution in [-0.2, 0) is 18.3 Å². The second-order valence-corrected chi connectivity index (χ2v) is 3.97. The summed E-state index contributed by atoms with van der Waals surface area (Å²) in [4.78, 5) is 10.6. The number of aliphatic carboxylic acids is 1. The second kappa shape index (κ2) is 4.30. The fourth-order valence-electron chi connectivity index (χ4n) is 2.03. The van der Waals surface area contributed by atoms with E-state index in [0.29, 0.717) is 12.0 Å². The molecule has 1 N–H and O–H groups in total. The first-order valence-electron chi connectivity index (χ1n) is 5.32. The van der Waals surface area contributed by atoms with Crippen LogP contribution in [0.2, 0.25) is 0 Å². The normalized spacial score (nSPS) is 10.4. The molecule has 0 radical (unpaired) electrons. The second-order valence-electron chi connectivity index (χ2n) is 3.97. The number of carboxylic acids is 1. The van der Waals surface area contributed by atoms with Gasteiger partial charge in [-0.1, -0.05) is 6.07 Å². The van der Waals surface area contributed by atoms with Gasteiger partial charge in [-0.15, -0.1) is 0 Å². The Labute approximate surface area is 98.7 Å². The minimum atomic E-state index is -0.807. The van der Waals surface area contributed by atoms with E-state index >= 15 is 0 Å². The molecule has 1 aromatic carbocycles. The van der Waals surface area contributed by atoms with Crippen LogP contribution < -0.4 is 0 Å². The highest BCUT2D eigenvalue weighted by Gasteiger charge is 2.09. The number of hydrogen-bond donors (Lipinski definition) is 1. The van der Waals surface area contributed by atoms with Gasteiger partial charge in [0.25, 0.3) is 0 Å². The molecule has 0 saturated heterocycles. The number of aromatic nitrogens is 1. The Morgan fingerprint density at radius 1 is 1.47 bits per heavy atom. The fraction of sp³-hybridized carbons (Fsp3) is 0.231. The van der Waals surface area contributed by atoms with Gasteiger partial charge in [0, 0.05) is 25.1 Å². The van der Waals surface area contributed by atoms with Crippen LogP contribution in [0.5, 0.6) is 0 Å². The predicted octanol–water partition coefficient (Wildman–Crippen LogP) is 2.07. The van der Waals surface area contributed by atoms with Crippen molar-refractivity contribution in [1.82, 2.24) is 4.57 Å². The van der Waals surface area contributed by atoms with Gasteiger partial charge in [-0.05, 0) is 24.1 Å². The van der Waals surface area contributed by atoms with Crippen LogP contribution in [0, 0.1) is 11.3 Å². The lowest BCUT2D eigenvalue weighted by Crippen LogP contribution is -1.98. The molecule has 0 saturated carbocycles. The Bertz CT molecular complexity index is 620. The predicted molar refractivity (Wildman–Crippen MR) is 63.6 cm³/mol. The molecule has 2 rings (SSSR count). The molecule has 2 aromatic rings. The summed E-state index contributed by atoms with van der Waals surface area (Å²) in [6, 6.07) is 7.66. The molecular weight excluding hydrogens is 216 g/mol. The number of nitriles is 1. The molecule has 4 nitrogen and oxygen atoms in total. The number of carboxylic acid groups (broad SMARTS) is 1. The lowest BCUT2D eigenvalue weighted by Gasteiger charge is -2.04. The smallest absolute Gasteiger partial charge is 0.303 e. The van der Waals surface area contributed by atoms with E-state index in [0.717, 1.165) is 16.5 Å². The van der Waals surface area contributed by atoms with Gasteiger partial charge in [0.1, 0.15) is 6.07 Å². The number of carbonyl (C=O) groups is 1. The molecule has 1 aromatic heterocycles. The third kappa shape index (κ3) is 2.00. The third-order valence-corrected chi connectivity index (χ3v) is 2.85. The van der Waals surface area contributed by atoms with Gasteiger partial charge >= 0.3 is 5.97 Å². The molecule has 17 heavy (non-hydrogen) atoms. The van der Waals surface area contributed by atoms with Crippen molar-refractivity contribution in [1.29, 1.82) is 5.26 Å². The molecule has 0 aliphatic carbocycles. The van der Waals surface area contributed by atoms with Crippen LogP contribution in [0.15, 0.2) is 24.4 Å². The summed E-state index contributed by atoms with van der Waals surface area (Å²) >= 11 is 0. The number of benzene rings is 1. The van der Waals surface area contributed by atoms with E-state index in [1.165, 1.54) is 0 Å². The van der Waals surface area contributed by atoms with Crippen LogP contribution >= 0.6 is 0 Å². The molecular formula is C13H12N2O2. The Kier molecular flexibility index (Phi) is 2.84. The van der Waals surface area contributed by atoms with Crippen molar-refractivity contribution in [2.45, 2.75) is 12.8 Å². The number of rotatable bonds is 3. The summed E-state index contributed by atoms with van der Waals surface area (Å²) < 4.78 is 1.89. The summed E-state index contributed by atoms with van der Waals surface area (Å²) in [5.41, 5.74) is 2.46. The maximum Gasteiger partial charge on any atom is 0.303 e. The molecule has 0 unspecified atom stereocenters. The largest absolute Gasteiger partial charge is 0.481 e. The van der Waals surface area contributed by atoms with E-state index in [2.05, 4.69) is 6.07 Å². The number of fused-ring (bicyclic) bond motifs is 1. The topological polar surface area (TPSA) is 66.0 Å². The quantitative estimate of drug-likeness (QED) is 0.874. The van der Waals surface area contributed by atoms with Gasteiger partial charge in [0.05, 0.1) is 11.1 Å². The minimum absolute atomic E-state index is 0.107. The molecule has 1 heterocycles. The van der Waals surface area contributed by atoms with E-state index in [-0.39, 0.29) is 6.42 Å². The van der Waals surface area contributed by atoms with Crippen LogP contribution in [0.3, 0.4) is 0 Å². The van der Waals surface area contributed by atoms with Crippen molar-refractivity contribution in [3.63, 3.8) is 0 Å². The van der Waals surface area contributed by atoms with Crippen molar-refractivity contribution in [2.75, 3.05) is 0 Å². The summed E-state index contributed by atoms with van der Waals surface area (Å²) in [6.07, 6.45) is 2.48. The molecule has 0 aliphatic heterocycles. The molecule has 0 aliphatic rings. The standard InChI is InChI=1S/C13H12N2O2/c1-15-7-6-11-9(4-5-12(16)17)2-3-10(8-14)13(11)15/h2-3,6-7H,4-5H2,1H3,(H,16,17). The van der Waals surface area contributed by atoms with Crippen LogP contribution in [0.1, 0.15) is 17.5 Å². The minimum Gasteiger partial charge on any atom is -0.481 e.